The van der Waals surface area contributed by atoms with Crippen LogP contribution in [0.1, 0.15) is 38.7 Å². The summed E-state index contributed by atoms with van der Waals surface area (Å²) in [6.07, 6.45) is 3.53. The van der Waals surface area contributed by atoms with Crippen LogP contribution >= 0.6 is 24.0 Å². The Hall–Kier alpha value is -0.820. The van der Waals surface area contributed by atoms with Gasteiger partial charge < -0.3 is 10.6 Å². The summed E-state index contributed by atoms with van der Waals surface area (Å²) >= 11 is 0. The van der Waals surface area contributed by atoms with Crippen molar-refractivity contribution in [2.45, 2.75) is 45.7 Å². The minimum Gasteiger partial charge on any atom is -0.356 e. The van der Waals surface area contributed by atoms with Gasteiger partial charge in [-0.3, -0.25) is 9.89 Å². The maximum atomic E-state index is 4.35. The highest BCUT2D eigenvalue weighted by Crippen LogP contribution is 2.13. The lowest BCUT2D eigenvalue weighted by Crippen LogP contribution is -2.48. The summed E-state index contributed by atoms with van der Waals surface area (Å²) in [5.41, 5.74) is 1.41. The molecule has 0 spiro atoms. The normalized spacial score (nSPS) is 16.8. The summed E-state index contributed by atoms with van der Waals surface area (Å²) in [6, 6.07) is 11.3. The molecule has 2 rings (SSSR count). The van der Waals surface area contributed by atoms with Crippen molar-refractivity contribution in [2.24, 2.45) is 10.9 Å². The molecule has 24 heavy (non-hydrogen) atoms. The Morgan fingerprint density at radius 1 is 1.21 bits per heavy atom. The zero-order valence-electron chi connectivity index (χ0n) is 15.3. The van der Waals surface area contributed by atoms with E-state index in [1.807, 2.05) is 7.05 Å². The van der Waals surface area contributed by atoms with Crippen molar-refractivity contribution in [1.29, 1.82) is 0 Å². The molecule has 0 unspecified atom stereocenters. The van der Waals surface area contributed by atoms with E-state index in [1.165, 1.54) is 24.8 Å². The molecule has 1 aromatic rings. The van der Waals surface area contributed by atoms with Crippen LogP contribution in [0.2, 0.25) is 0 Å². The molecule has 5 heteroatoms. The summed E-state index contributed by atoms with van der Waals surface area (Å²) in [4.78, 5) is 6.89. The van der Waals surface area contributed by atoms with E-state index in [0.717, 1.165) is 38.1 Å². The third kappa shape index (κ3) is 7.83. The Balaban J connectivity index is 0.00000288. The van der Waals surface area contributed by atoms with Crippen molar-refractivity contribution in [3.8, 4) is 0 Å². The van der Waals surface area contributed by atoms with Crippen LogP contribution in [0.3, 0.4) is 0 Å². The fourth-order valence-corrected chi connectivity index (χ4v) is 2.94. The maximum Gasteiger partial charge on any atom is 0.191 e. The maximum absolute atomic E-state index is 4.35. The van der Waals surface area contributed by atoms with Crippen molar-refractivity contribution in [2.75, 3.05) is 26.7 Å². The molecule has 0 aliphatic carbocycles. The lowest BCUT2D eigenvalue weighted by Gasteiger charge is -2.33. The predicted molar refractivity (Wildman–Crippen MR) is 114 cm³/mol. The van der Waals surface area contributed by atoms with Crippen molar-refractivity contribution in [3.63, 3.8) is 0 Å². The van der Waals surface area contributed by atoms with E-state index in [0.29, 0.717) is 6.04 Å². The summed E-state index contributed by atoms with van der Waals surface area (Å²) < 4.78 is 0. The Bertz CT molecular complexity index is 468. The minimum absolute atomic E-state index is 0. The molecular weight excluding hydrogens is 411 g/mol. The molecular formula is C19H33IN4. The summed E-state index contributed by atoms with van der Waals surface area (Å²) in [5, 5.41) is 7.00. The fourth-order valence-electron chi connectivity index (χ4n) is 2.94. The van der Waals surface area contributed by atoms with Crippen LogP contribution in [0.25, 0.3) is 0 Å². The smallest absolute Gasteiger partial charge is 0.191 e. The van der Waals surface area contributed by atoms with Crippen LogP contribution in [0.4, 0.5) is 0 Å². The second-order valence-corrected chi connectivity index (χ2v) is 6.86. The molecule has 0 bridgehead atoms. The Kier molecular flexibility index (Phi) is 10.3. The number of piperidine rings is 1. The van der Waals surface area contributed by atoms with Crippen LogP contribution in [0.5, 0.6) is 0 Å². The first-order valence-electron chi connectivity index (χ1n) is 8.91. The number of benzene rings is 1. The number of rotatable bonds is 6. The number of nitrogens with zero attached hydrogens (tertiary/aromatic N) is 2. The van der Waals surface area contributed by atoms with Crippen molar-refractivity contribution < 1.29 is 0 Å². The van der Waals surface area contributed by atoms with Gasteiger partial charge in [0.25, 0.3) is 0 Å². The number of halogens is 1. The van der Waals surface area contributed by atoms with Crippen LogP contribution < -0.4 is 10.6 Å². The Morgan fingerprint density at radius 3 is 2.46 bits per heavy atom. The van der Waals surface area contributed by atoms with Gasteiger partial charge in [0.2, 0.25) is 0 Å². The highest BCUT2D eigenvalue weighted by Gasteiger charge is 2.19. The van der Waals surface area contributed by atoms with Crippen molar-refractivity contribution in [3.05, 3.63) is 35.9 Å². The second-order valence-electron chi connectivity index (χ2n) is 6.86. The van der Waals surface area contributed by atoms with Gasteiger partial charge in [-0.2, -0.15) is 0 Å². The number of guanidine groups is 1. The molecule has 1 heterocycles. The van der Waals surface area contributed by atoms with Crippen LogP contribution in [0.15, 0.2) is 35.3 Å². The predicted octanol–water partition coefficient (Wildman–Crippen LogP) is 3.48. The molecule has 4 nitrogen and oxygen atoms in total. The van der Waals surface area contributed by atoms with E-state index in [2.05, 4.69) is 64.7 Å². The highest BCUT2D eigenvalue weighted by atomic mass is 127. The molecule has 2 N–H and O–H groups in total. The first kappa shape index (κ1) is 21.2. The van der Waals surface area contributed by atoms with Gasteiger partial charge in [0.1, 0.15) is 0 Å². The number of hydrogen-bond donors (Lipinski definition) is 2. The molecule has 1 aliphatic heterocycles. The molecule has 0 aromatic heterocycles. The number of nitrogens with one attached hydrogen (secondary N) is 2. The monoisotopic (exact) mass is 444 g/mol. The molecule has 0 saturated carbocycles. The minimum atomic E-state index is 0. The van der Waals surface area contributed by atoms with Crippen molar-refractivity contribution >= 4 is 29.9 Å². The van der Waals surface area contributed by atoms with Gasteiger partial charge in [0.05, 0.1) is 0 Å². The molecule has 0 amide bonds. The second kappa shape index (κ2) is 11.7. The van der Waals surface area contributed by atoms with Gasteiger partial charge in [-0.25, -0.2) is 0 Å². The first-order valence-corrected chi connectivity index (χ1v) is 8.91. The van der Waals surface area contributed by atoms with E-state index in [-0.39, 0.29) is 24.0 Å². The van der Waals surface area contributed by atoms with Gasteiger partial charge >= 0.3 is 0 Å². The van der Waals surface area contributed by atoms with Crippen LogP contribution in [-0.2, 0) is 6.54 Å². The lowest BCUT2D eigenvalue weighted by atomic mass is 10.0. The summed E-state index contributed by atoms with van der Waals surface area (Å²) in [5.74, 6) is 1.67. The van der Waals surface area contributed by atoms with Gasteiger partial charge in [0, 0.05) is 39.3 Å². The van der Waals surface area contributed by atoms with Gasteiger partial charge in [-0.05, 0) is 30.7 Å². The third-order valence-electron chi connectivity index (χ3n) is 4.42. The standard InChI is InChI=1S/C19H32N4.HI/c1-16(2)9-12-21-19(20-3)22-18-10-13-23(14-11-18)15-17-7-5-4-6-8-17;/h4-8,16,18H,9-15H2,1-3H3,(H2,20,21,22);1H. The van der Waals surface area contributed by atoms with E-state index in [9.17, 15) is 0 Å². The third-order valence-corrected chi connectivity index (χ3v) is 4.42. The topological polar surface area (TPSA) is 39.7 Å². The molecule has 1 fully saturated rings. The molecule has 0 radical (unpaired) electrons. The van der Waals surface area contributed by atoms with Gasteiger partial charge in [0.15, 0.2) is 5.96 Å². The summed E-state index contributed by atoms with van der Waals surface area (Å²) in [7, 11) is 1.86. The van der Waals surface area contributed by atoms with Crippen LogP contribution in [0, 0.1) is 5.92 Å². The highest BCUT2D eigenvalue weighted by molar-refractivity contribution is 14.0. The molecule has 0 atom stereocenters. The van der Waals surface area contributed by atoms with E-state index in [4.69, 9.17) is 0 Å². The van der Waals surface area contributed by atoms with E-state index < -0.39 is 0 Å². The lowest BCUT2D eigenvalue weighted by molar-refractivity contribution is 0.198. The number of hydrogen-bond acceptors (Lipinski definition) is 2. The number of likely N-dealkylation sites (tertiary alicyclic amines) is 1. The fraction of sp³-hybridized carbons (Fsp3) is 0.632. The quantitative estimate of drug-likeness (QED) is 0.401. The van der Waals surface area contributed by atoms with Gasteiger partial charge in [-0.1, -0.05) is 44.2 Å². The first-order chi connectivity index (χ1) is 11.2. The SMILES string of the molecule is CN=C(NCCC(C)C)NC1CCN(Cc2ccccc2)CC1.I. The number of aliphatic imine (C=N–C) groups is 1. The molecule has 1 saturated heterocycles. The largest absolute Gasteiger partial charge is 0.356 e. The Labute approximate surface area is 164 Å². The van der Waals surface area contributed by atoms with Gasteiger partial charge in [-0.15, -0.1) is 24.0 Å². The molecule has 1 aliphatic rings. The molecule has 136 valence electrons. The summed E-state index contributed by atoms with van der Waals surface area (Å²) in [6.45, 7) is 8.85. The zero-order chi connectivity index (χ0) is 16.5. The van der Waals surface area contributed by atoms with Crippen molar-refractivity contribution in [1.82, 2.24) is 15.5 Å². The zero-order valence-corrected chi connectivity index (χ0v) is 17.6. The Morgan fingerprint density at radius 2 is 1.88 bits per heavy atom. The van der Waals surface area contributed by atoms with E-state index >= 15 is 0 Å². The molecule has 1 aromatic carbocycles. The van der Waals surface area contributed by atoms with E-state index in [1.54, 1.807) is 0 Å². The average molecular weight is 444 g/mol. The average Bonchev–Trinajstić information content (AvgIpc) is 2.56. The van der Waals surface area contributed by atoms with Crippen LogP contribution in [-0.4, -0.2) is 43.6 Å².